The number of anilines is 1. The molecule has 1 heterocycles. The van der Waals surface area contributed by atoms with Gasteiger partial charge in [-0.3, -0.25) is 4.98 Å². The van der Waals surface area contributed by atoms with Crippen LogP contribution in [-0.4, -0.2) is 10.1 Å². The standard InChI is InChI=1S/C11H9FN2O/c12-10-4-7(1-2-11(10)13)8-3-9(15)6-14-5-8/h1-6,15H,13H2. The lowest BCUT2D eigenvalue weighted by atomic mass is 10.1. The van der Waals surface area contributed by atoms with Gasteiger partial charge in [0.25, 0.3) is 0 Å². The van der Waals surface area contributed by atoms with Gasteiger partial charge in [-0.05, 0) is 23.8 Å². The van der Waals surface area contributed by atoms with Gasteiger partial charge in [0.15, 0.2) is 0 Å². The lowest BCUT2D eigenvalue weighted by Crippen LogP contribution is -1.90. The smallest absolute Gasteiger partial charge is 0.146 e. The number of benzene rings is 1. The van der Waals surface area contributed by atoms with Crippen molar-refractivity contribution >= 4 is 5.69 Å². The first-order valence-corrected chi connectivity index (χ1v) is 4.36. The second-order valence-corrected chi connectivity index (χ2v) is 3.17. The molecule has 0 aliphatic rings. The van der Waals surface area contributed by atoms with Crippen LogP contribution in [0.25, 0.3) is 11.1 Å². The highest BCUT2D eigenvalue weighted by molar-refractivity contribution is 5.66. The Bertz CT molecular complexity index is 500. The molecule has 0 atom stereocenters. The summed E-state index contributed by atoms with van der Waals surface area (Å²) in [7, 11) is 0. The molecule has 2 aromatic rings. The van der Waals surface area contributed by atoms with E-state index in [-0.39, 0.29) is 11.4 Å². The monoisotopic (exact) mass is 204 g/mol. The van der Waals surface area contributed by atoms with Gasteiger partial charge < -0.3 is 10.8 Å². The van der Waals surface area contributed by atoms with E-state index < -0.39 is 5.82 Å². The van der Waals surface area contributed by atoms with Crippen LogP contribution >= 0.6 is 0 Å². The fourth-order valence-electron chi connectivity index (χ4n) is 1.29. The minimum Gasteiger partial charge on any atom is -0.506 e. The Balaban J connectivity index is 2.50. The first-order chi connectivity index (χ1) is 7.16. The van der Waals surface area contributed by atoms with Crippen LogP contribution in [0.2, 0.25) is 0 Å². The van der Waals surface area contributed by atoms with Crippen LogP contribution in [0.4, 0.5) is 10.1 Å². The maximum Gasteiger partial charge on any atom is 0.146 e. The first-order valence-electron chi connectivity index (χ1n) is 4.36. The molecule has 0 aliphatic heterocycles. The summed E-state index contributed by atoms with van der Waals surface area (Å²) < 4.78 is 13.2. The summed E-state index contributed by atoms with van der Waals surface area (Å²) in [6.07, 6.45) is 2.86. The molecule has 76 valence electrons. The summed E-state index contributed by atoms with van der Waals surface area (Å²) in [5, 5.41) is 9.22. The highest BCUT2D eigenvalue weighted by Gasteiger charge is 2.03. The van der Waals surface area contributed by atoms with Crippen molar-refractivity contribution in [3.8, 4) is 16.9 Å². The molecule has 1 aromatic heterocycles. The Morgan fingerprint density at radius 2 is 1.93 bits per heavy atom. The zero-order valence-corrected chi connectivity index (χ0v) is 7.81. The zero-order valence-electron chi connectivity index (χ0n) is 7.81. The predicted molar refractivity (Wildman–Crippen MR) is 55.7 cm³/mol. The topological polar surface area (TPSA) is 59.1 Å². The zero-order chi connectivity index (χ0) is 10.8. The molecular weight excluding hydrogens is 195 g/mol. The van der Waals surface area contributed by atoms with Gasteiger partial charge in [-0.2, -0.15) is 0 Å². The maximum absolute atomic E-state index is 13.2. The average Bonchev–Trinajstić information content (AvgIpc) is 2.22. The number of halogens is 1. The lowest BCUT2D eigenvalue weighted by molar-refractivity contribution is 0.473. The van der Waals surface area contributed by atoms with Gasteiger partial charge in [0.05, 0.1) is 11.9 Å². The van der Waals surface area contributed by atoms with E-state index in [4.69, 9.17) is 5.73 Å². The van der Waals surface area contributed by atoms with Crippen LogP contribution in [0, 0.1) is 5.82 Å². The number of rotatable bonds is 1. The molecule has 0 saturated heterocycles. The molecule has 4 heteroatoms. The largest absolute Gasteiger partial charge is 0.506 e. The highest BCUT2D eigenvalue weighted by Crippen LogP contribution is 2.24. The number of aromatic hydroxyl groups is 1. The molecule has 0 aliphatic carbocycles. The molecule has 0 fully saturated rings. The van der Waals surface area contributed by atoms with Crippen molar-refractivity contribution in [3.05, 3.63) is 42.5 Å². The van der Waals surface area contributed by atoms with Crippen LogP contribution in [0.1, 0.15) is 0 Å². The van der Waals surface area contributed by atoms with Crippen molar-refractivity contribution < 1.29 is 9.50 Å². The fraction of sp³-hybridized carbons (Fsp3) is 0. The van der Waals surface area contributed by atoms with Crippen molar-refractivity contribution in [2.45, 2.75) is 0 Å². The van der Waals surface area contributed by atoms with Gasteiger partial charge in [0.1, 0.15) is 11.6 Å². The highest BCUT2D eigenvalue weighted by atomic mass is 19.1. The molecule has 0 saturated carbocycles. The molecule has 0 amide bonds. The van der Waals surface area contributed by atoms with Crippen molar-refractivity contribution in [1.29, 1.82) is 0 Å². The average molecular weight is 204 g/mol. The van der Waals surface area contributed by atoms with E-state index in [1.54, 1.807) is 12.3 Å². The Labute approximate surface area is 86.0 Å². The van der Waals surface area contributed by atoms with Gasteiger partial charge >= 0.3 is 0 Å². The van der Waals surface area contributed by atoms with Crippen LogP contribution in [0.15, 0.2) is 36.7 Å². The van der Waals surface area contributed by atoms with Crippen LogP contribution in [-0.2, 0) is 0 Å². The second-order valence-electron chi connectivity index (χ2n) is 3.17. The van der Waals surface area contributed by atoms with Gasteiger partial charge in [0, 0.05) is 11.8 Å². The summed E-state index contributed by atoms with van der Waals surface area (Å²) >= 11 is 0. The van der Waals surface area contributed by atoms with Crippen LogP contribution in [0.5, 0.6) is 5.75 Å². The second kappa shape index (κ2) is 3.57. The summed E-state index contributed by atoms with van der Waals surface area (Å²) in [6.45, 7) is 0. The van der Waals surface area contributed by atoms with E-state index in [0.717, 1.165) is 0 Å². The van der Waals surface area contributed by atoms with E-state index >= 15 is 0 Å². The normalized spacial score (nSPS) is 10.2. The van der Waals surface area contributed by atoms with Crippen molar-refractivity contribution in [2.75, 3.05) is 5.73 Å². The summed E-state index contributed by atoms with van der Waals surface area (Å²) in [4.78, 5) is 3.81. The third-order valence-electron chi connectivity index (χ3n) is 2.06. The van der Waals surface area contributed by atoms with Crippen LogP contribution in [0.3, 0.4) is 0 Å². The van der Waals surface area contributed by atoms with E-state index in [0.29, 0.717) is 11.1 Å². The molecule has 15 heavy (non-hydrogen) atoms. The summed E-state index contributed by atoms with van der Waals surface area (Å²) in [5.41, 5.74) is 6.74. The minimum atomic E-state index is -0.476. The number of aromatic nitrogens is 1. The molecule has 1 aromatic carbocycles. The van der Waals surface area contributed by atoms with Crippen molar-refractivity contribution in [3.63, 3.8) is 0 Å². The number of pyridine rings is 1. The molecular formula is C11H9FN2O. The maximum atomic E-state index is 13.2. The Hall–Kier alpha value is -2.10. The van der Waals surface area contributed by atoms with Crippen molar-refractivity contribution in [2.24, 2.45) is 0 Å². The van der Waals surface area contributed by atoms with Gasteiger partial charge in [0.2, 0.25) is 0 Å². The molecule has 3 N–H and O–H groups in total. The van der Waals surface area contributed by atoms with E-state index in [1.165, 1.54) is 24.4 Å². The van der Waals surface area contributed by atoms with E-state index in [1.807, 2.05) is 0 Å². The van der Waals surface area contributed by atoms with E-state index in [9.17, 15) is 9.50 Å². The molecule has 0 unspecified atom stereocenters. The van der Waals surface area contributed by atoms with E-state index in [2.05, 4.69) is 4.98 Å². The molecule has 3 nitrogen and oxygen atoms in total. The summed E-state index contributed by atoms with van der Waals surface area (Å²) in [5.74, 6) is -0.430. The third-order valence-corrected chi connectivity index (χ3v) is 2.06. The summed E-state index contributed by atoms with van der Waals surface area (Å²) in [6, 6.07) is 5.98. The number of hydrogen-bond donors (Lipinski definition) is 2. The van der Waals surface area contributed by atoms with Crippen molar-refractivity contribution in [1.82, 2.24) is 4.98 Å². The molecule has 0 spiro atoms. The Kier molecular flexibility index (Phi) is 2.25. The van der Waals surface area contributed by atoms with Crippen LogP contribution < -0.4 is 5.73 Å². The number of nitrogen functional groups attached to an aromatic ring is 1. The fourth-order valence-corrected chi connectivity index (χ4v) is 1.29. The quantitative estimate of drug-likeness (QED) is 0.700. The van der Waals surface area contributed by atoms with Gasteiger partial charge in [-0.25, -0.2) is 4.39 Å². The number of nitrogens with zero attached hydrogens (tertiary/aromatic N) is 1. The molecule has 0 bridgehead atoms. The number of hydrogen-bond acceptors (Lipinski definition) is 3. The Morgan fingerprint density at radius 1 is 1.13 bits per heavy atom. The SMILES string of the molecule is Nc1ccc(-c2cncc(O)c2)cc1F. The van der Waals surface area contributed by atoms with Gasteiger partial charge in [-0.15, -0.1) is 0 Å². The van der Waals surface area contributed by atoms with Gasteiger partial charge in [-0.1, -0.05) is 6.07 Å². The minimum absolute atomic E-state index is 0.0460. The lowest BCUT2D eigenvalue weighted by Gasteiger charge is -2.03. The molecule has 0 radical (unpaired) electrons. The first kappa shape index (κ1) is 9.45. The predicted octanol–water partition coefficient (Wildman–Crippen LogP) is 2.18. The number of nitrogens with two attached hydrogens (primary N) is 1. The third kappa shape index (κ3) is 1.88. The molecule has 2 rings (SSSR count). The Morgan fingerprint density at radius 3 is 2.60 bits per heavy atom.